The number of hydrogen-bond donors (Lipinski definition) is 2. The first kappa shape index (κ1) is 21.3. The Morgan fingerprint density at radius 1 is 1.00 bits per heavy atom. The summed E-state index contributed by atoms with van der Waals surface area (Å²) in [5, 5.41) is 5.92. The van der Waals surface area contributed by atoms with Crippen molar-refractivity contribution in [2.75, 3.05) is 10.6 Å². The number of carbonyl (C=O) groups excluding carboxylic acids is 2. The number of benzene rings is 2. The maximum absolute atomic E-state index is 12.7. The first-order valence-corrected chi connectivity index (χ1v) is 9.82. The number of anilines is 2. The lowest BCUT2D eigenvalue weighted by atomic mass is 10.1. The van der Waals surface area contributed by atoms with E-state index in [-0.39, 0.29) is 34.4 Å². The summed E-state index contributed by atoms with van der Waals surface area (Å²) in [6, 6.07) is 15.8. The maximum atomic E-state index is 12.7. The van der Waals surface area contributed by atoms with Gasteiger partial charge in [-0.2, -0.15) is 0 Å². The Morgan fingerprint density at radius 3 is 2.40 bits per heavy atom. The average Bonchev–Trinajstić information content (AvgIpc) is 2.71. The molecule has 0 radical (unpaired) electrons. The molecule has 0 atom stereocenters. The number of rotatable bonds is 6. The number of amides is 2. The van der Waals surface area contributed by atoms with Crippen molar-refractivity contribution < 1.29 is 14.3 Å². The normalized spacial score (nSPS) is 10.6. The number of para-hydroxylation sites is 1. The third kappa shape index (κ3) is 5.15. The fraction of sp³-hybridized carbons (Fsp3) is 0.174. The van der Waals surface area contributed by atoms with Crippen LogP contribution in [0, 0.1) is 6.92 Å². The van der Waals surface area contributed by atoms with Crippen molar-refractivity contribution in [3.63, 3.8) is 0 Å². The van der Waals surface area contributed by atoms with Gasteiger partial charge in [-0.25, -0.2) is 4.98 Å². The van der Waals surface area contributed by atoms with Gasteiger partial charge in [0.15, 0.2) is 0 Å². The lowest BCUT2D eigenvalue weighted by Crippen LogP contribution is -2.17. The summed E-state index contributed by atoms with van der Waals surface area (Å²) in [6.07, 6.45) is 1.32. The van der Waals surface area contributed by atoms with E-state index < -0.39 is 0 Å². The summed E-state index contributed by atoms with van der Waals surface area (Å²) in [6.45, 7) is 5.50. The minimum atomic E-state index is -0.385. The van der Waals surface area contributed by atoms with Crippen LogP contribution in [0.2, 0.25) is 5.02 Å². The first-order valence-electron chi connectivity index (χ1n) is 9.44. The highest BCUT2D eigenvalue weighted by atomic mass is 35.5. The highest BCUT2D eigenvalue weighted by Gasteiger charge is 2.16. The van der Waals surface area contributed by atoms with E-state index in [1.807, 2.05) is 44.2 Å². The predicted octanol–water partition coefficient (Wildman–Crippen LogP) is 5.34. The second kappa shape index (κ2) is 9.41. The minimum Gasteiger partial charge on any atom is -0.474 e. The van der Waals surface area contributed by atoms with Crippen LogP contribution >= 0.6 is 11.6 Å². The number of pyridine rings is 1. The van der Waals surface area contributed by atoms with Gasteiger partial charge in [0, 0.05) is 23.1 Å². The Morgan fingerprint density at radius 2 is 1.73 bits per heavy atom. The molecule has 0 aliphatic heterocycles. The quantitative estimate of drug-likeness (QED) is 0.561. The predicted molar refractivity (Wildman–Crippen MR) is 119 cm³/mol. The molecule has 0 fully saturated rings. The zero-order valence-electron chi connectivity index (χ0n) is 16.9. The molecule has 154 valence electrons. The average molecular weight is 424 g/mol. The molecule has 0 bridgehead atoms. The second-order valence-electron chi connectivity index (χ2n) is 6.93. The Balaban J connectivity index is 1.77. The van der Waals surface area contributed by atoms with E-state index in [0.717, 1.165) is 0 Å². The molecule has 2 amide bonds. The maximum Gasteiger partial charge on any atom is 0.257 e. The minimum absolute atomic E-state index is 0.0814. The van der Waals surface area contributed by atoms with E-state index in [9.17, 15) is 9.59 Å². The molecular formula is C23H22ClN3O3. The molecule has 1 heterocycles. The van der Waals surface area contributed by atoms with Gasteiger partial charge in [-0.05, 0) is 56.7 Å². The third-order valence-corrected chi connectivity index (χ3v) is 4.55. The number of aromatic nitrogens is 1. The summed E-state index contributed by atoms with van der Waals surface area (Å²) < 4.78 is 5.49. The van der Waals surface area contributed by atoms with E-state index in [1.165, 1.54) is 12.3 Å². The van der Waals surface area contributed by atoms with Crippen molar-refractivity contribution in [3.05, 3.63) is 82.5 Å². The summed E-state index contributed by atoms with van der Waals surface area (Å²) in [5.41, 5.74) is 2.63. The van der Waals surface area contributed by atoms with E-state index in [1.54, 1.807) is 25.1 Å². The molecule has 30 heavy (non-hydrogen) atoms. The molecule has 0 saturated carbocycles. The molecule has 3 rings (SSSR count). The Bertz CT molecular complexity index is 1070. The zero-order valence-corrected chi connectivity index (χ0v) is 17.7. The van der Waals surface area contributed by atoms with Gasteiger partial charge >= 0.3 is 0 Å². The van der Waals surface area contributed by atoms with Gasteiger partial charge in [-0.15, -0.1) is 0 Å². The van der Waals surface area contributed by atoms with Crippen molar-refractivity contribution in [2.45, 2.75) is 26.9 Å². The Kier molecular flexibility index (Phi) is 6.69. The molecule has 2 N–H and O–H groups in total. The van der Waals surface area contributed by atoms with Crippen LogP contribution < -0.4 is 15.4 Å². The molecule has 0 unspecified atom stereocenters. The topological polar surface area (TPSA) is 80.3 Å². The van der Waals surface area contributed by atoms with Crippen molar-refractivity contribution >= 4 is 34.8 Å². The Hall–Kier alpha value is -3.38. The molecule has 0 aliphatic carbocycles. The van der Waals surface area contributed by atoms with Crippen LogP contribution in [-0.2, 0) is 0 Å². The number of ether oxygens (including phenoxy) is 1. The fourth-order valence-corrected chi connectivity index (χ4v) is 3.00. The van der Waals surface area contributed by atoms with Crippen LogP contribution in [0.15, 0.2) is 60.8 Å². The standard InChI is InChI=1S/C23H22ClN3O3/c1-14(2)30-23-19(24)12-16(13-25-23)21(28)27-20-11-7-10-18(15(20)3)22(29)26-17-8-5-4-6-9-17/h4-14H,1-3H3,(H,26,29)(H,27,28). The second-order valence-corrected chi connectivity index (χ2v) is 7.34. The zero-order chi connectivity index (χ0) is 21.7. The largest absolute Gasteiger partial charge is 0.474 e. The summed E-state index contributed by atoms with van der Waals surface area (Å²) in [5.74, 6) is -0.363. The number of hydrogen-bond acceptors (Lipinski definition) is 4. The van der Waals surface area contributed by atoms with E-state index in [4.69, 9.17) is 16.3 Å². The highest BCUT2D eigenvalue weighted by molar-refractivity contribution is 6.32. The lowest BCUT2D eigenvalue weighted by Gasteiger charge is -2.14. The van der Waals surface area contributed by atoms with Gasteiger partial charge in [-0.1, -0.05) is 35.9 Å². The number of halogens is 1. The van der Waals surface area contributed by atoms with Gasteiger partial charge in [-0.3, -0.25) is 9.59 Å². The van der Waals surface area contributed by atoms with Gasteiger partial charge in [0.25, 0.3) is 11.8 Å². The van der Waals surface area contributed by atoms with Gasteiger partial charge in [0.2, 0.25) is 5.88 Å². The lowest BCUT2D eigenvalue weighted by molar-refractivity contribution is 0.101. The van der Waals surface area contributed by atoms with Crippen molar-refractivity contribution in [1.29, 1.82) is 0 Å². The molecule has 0 spiro atoms. The van der Waals surface area contributed by atoms with E-state index >= 15 is 0 Å². The van der Waals surface area contributed by atoms with Crippen LogP contribution in [0.1, 0.15) is 40.1 Å². The molecule has 7 heteroatoms. The van der Waals surface area contributed by atoms with E-state index in [0.29, 0.717) is 22.5 Å². The van der Waals surface area contributed by atoms with E-state index in [2.05, 4.69) is 15.6 Å². The van der Waals surface area contributed by atoms with Crippen LogP contribution in [0.3, 0.4) is 0 Å². The smallest absolute Gasteiger partial charge is 0.257 e. The number of carbonyl (C=O) groups is 2. The summed E-state index contributed by atoms with van der Waals surface area (Å²) >= 11 is 6.18. The van der Waals surface area contributed by atoms with Crippen LogP contribution in [0.25, 0.3) is 0 Å². The van der Waals surface area contributed by atoms with Crippen LogP contribution in [0.4, 0.5) is 11.4 Å². The monoisotopic (exact) mass is 423 g/mol. The number of nitrogens with zero attached hydrogens (tertiary/aromatic N) is 1. The molecule has 1 aromatic heterocycles. The Labute approximate surface area is 180 Å². The summed E-state index contributed by atoms with van der Waals surface area (Å²) in [4.78, 5) is 29.4. The molecule has 3 aromatic rings. The van der Waals surface area contributed by atoms with Crippen LogP contribution in [-0.4, -0.2) is 22.9 Å². The first-order chi connectivity index (χ1) is 14.3. The van der Waals surface area contributed by atoms with Crippen molar-refractivity contribution in [1.82, 2.24) is 4.98 Å². The van der Waals surface area contributed by atoms with Crippen molar-refractivity contribution in [2.24, 2.45) is 0 Å². The van der Waals surface area contributed by atoms with Gasteiger partial charge < -0.3 is 15.4 Å². The SMILES string of the molecule is Cc1c(NC(=O)c2cnc(OC(C)C)c(Cl)c2)cccc1C(=O)Nc1ccccc1. The summed E-state index contributed by atoms with van der Waals surface area (Å²) in [7, 11) is 0. The van der Waals surface area contributed by atoms with Gasteiger partial charge in [0.05, 0.1) is 11.7 Å². The number of nitrogens with one attached hydrogen (secondary N) is 2. The molecule has 6 nitrogen and oxygen atoms in total. The van der Waals surface area contributed by atoms with Crippen molar-refractivity contribution in [3.8, 4) is 5.88 Å². The highest BCUT2D eigenvalue weighted by Crippen LogP contribution is 2.25. The van der Waals surface area contributed by atoms with Crippen LogP contribution in [0.5, 0.6) is 5.88 Å². The molecular weight excluding hydrogens is 402 g/mol. The molecule has 2 aromatic carbocycles. The molecule has 0 saturated heterocycles. The molecule has 0 aliphatic rings. The van der Waals surface area contributed by atoms with Gasteiger partial charge in [0.1, 0.15) is 5.02 Å². The third-order valence-electron chi connectivity index (χ3n) is 4.28. The fourth-order valence-electron chi connectivity index (χ4n) is 2.79.